The monoisotopic (exact) mass is 232 g/mol. The Hall–Kier alpha value is -0.910. The van der Waals surface area contributed by atoms with Crippen LogP contribution in [0.1, 0.15) is 20.3 Å². The van der Waals surface area contributed by atoms with Crippen molar-refractivity contribution < 1.29 is 14.7 Å². The highest BCUT2D eigenvalue weighted by molar-refractivity contribution is 8.00. The van der Waals surface area contributed by atoms with Crippen molar-refractivity contribution in [2.24, 2.45) is 0 Å². The maximum atomic E-state index is 11.4. The van der Waals surface area contributed by atoms with E-state index in [1.165, 1.54) is 6.92 Å². The van der Waals surface area contributed by atoms with Crippen LogP contribution in [0.5, 0.6) is 0 Å². The lowest BCUT2D eigenvalue weighted by Gasteiger charge is -2.18. The van der Waals surface area contributed by atoms with Crippen molar-refractivity contribution >= 4 is 23.8 Å². The van der Waals surface area contributed by atoms with E-state index in [2.05, 4.69) is 17.6 Å². The van der Waals surface area contributed by atoms with Crippen LogP contribution in [0.4, 0.5) is 4.79 Å². The molecule has 6 heteroatoms. The summed E-state index contributed by atoms with van der Waals surface area (Å²) >= 11 is 1.81. The largest absolute Gasteiger partial charge is 0.480 e. The fraction of sp³-hybridized carbons (Fsp3) is 0.778. The van der Waals surface area contributed by atoms with Crippen molar-refractivity contribution in [1.82, 2.24) is 10.6 Å². The number of carboxylic acid groups (broad SMARTS) is 1. The first-order chi connectivity index (χ1) is 7.00. The second-order valence-electron chi connectivity index (χ2n) is 3.65. The van der Waals surface area contributed by atoms with Gasteiger partial charge in [0.25, 0.3) is 0 Å². The molecule has 0 aromatic carbocycles. The number of rotatable bonds is 3. The van der Waals surface area contributed by atoms with E-state index in [4.69, 9.17) is 5.11 Å². The third-order valence-corrected chi connectivity index (χ3v) is 3.74. The third-order valence-electron chi connectivity index (χ3n) is 2.41. The summed E-state index contributed by atoms with van der Waals surface area (Å²) in [5.41, 5.74) is 0. The molecule has 5 nitrogen and oxygen atoms in total. The van der Waals surface area contributed by atoms with Crippen molar-refractivity contribution in [3.63, 3.8) is 0 Å². The number of nitrogens with one attached hydrogen (secondary N) is 2. The normalized spacial score (nSPS) is 27.1. The van der Waals surface area contributed by atoms with Gasteiger partial charge in [0, 0.05) is 11.3 Å². The van der Waals surface area contributed by atoms with Gasteiger partial charge in [-0.3, -0.25) is 4.79 Å². The number of hydrogen-bond donors (Lipinski definition) is 3. The molecule has 1 heterocycles. The fourth-order valence-corrected chi connectivity index (χ4v) is 2.59. The van der Waals surface area contributed by atoms with Crippen molar-refractivity contribution in [1.29, 1.82) is 0 Å². The number of aliphatic carboxylic acids is 1. The Morgan fingerprint density at radius 3 is 2.67 bits per heavy atom. The van der Waals surface area contributed by atoms with E-state index < -0.39 is 18.0 Å². The molecule has 15 heavy (non-hydrogen) atoms. The molecule has 0 aromatic heterocycles. The minimum atomic E-state index is -1.03. The molecule has 86 valence electrons. The standard InChI is InChI=1S/C9H16N2O3S/c1-5(8(12)13)10-9(14)11-7-3-4-15-6(7)2/h5-7H,3-4H2,1-2H3,(H,12,13)(H2,10,11,14)/t5-,6?,7?/m0/s1. The zero-order valence-electron chi connectivity index (χ0n) is 8.82. The van der Waals surface area contributed by atoms with Gasteiger partial charge in [0.1, 0.15) is 6.04 Å². The molecule has 0 aliphatic carbocycles. The Labute approximate surface area is 93.0 Å². The molecule has 1 fully saturated rings. The number of carbonyl (C=O) groups is 2. The first-order valence-corrected chi connectivity index (χ1v) is 5.97. The fourth-order valence-electron chi connectivity index (χ4n) is 1.39. The topological polar surface area (TPSA) is 78.4 Å². The van der Waals surface area contributed by atoms with Gasteiger partial charge in [-0.05, 0) is 19.1 Å². The van der Waals surface area contributed by atoms with Gasteiger partial charge in [-0.15, -0.1) is 0 Å². The van der Waals surface area contributed by atoms with E-state index in [0.29, 0.717) is 5.25 Å². The van der Waals surface area contributed by atoms with E-state index in [9.17, 15) is 9.59 Å². The molecule has 3 N–H and O–H groups in total. The second-order valence-corrected chi connectivity index (χ2v) is 5.13. The van der Waals surface area contributed by atoms with Crippen LogP contribution in [-0.4, -0.2) is 40.2 Å². The SMILES string of the molecule is CC1SCCC1NC(=O)N[C@@H](C)C(=O)O. The molecule has 0 bridgehead atoms. The molecule has 2 unspecified atom stereocenters. The van der Waals surface area contributed by atoms with E-state index in [0.717, 1.165) is 12.2 Å². The van der Waals surface area contributed by atoms with E-state index in [-0.39, 0.29) is 6.04 Å². The summed E-state index contributed by atoms with van der Waals surface area (Å²) in [7, 11) is 0. The minimum Gasteiger partial charge on any atom is -0.480 e. The van der Waals surface area contributed by atoms with Gasteiger partial charge in [0.2, 0.25) is 0 Å². The van der Waals surface area contributed by atoms with E-state index >= 15 is 0 Å². The Bertz CT molecular complexity index is 260. The van der Waals surface area contributed by atoms with Gasteiger partial charge in [0.05, 0.1) is 0 Å². The molecule has 2 amide bonds. The number of hydrogen-bond acceptors (Lipinski definition) is 3. The smallest absolute Gasteiger partial charge is 0.325 e. The molecule has 1 rings (SSSR count). The lowest BCUT2D eigenvalue weighted by molar-refractivity contribution is -0.138. The van der Waals surface area contributed by atoms with Crippen LogP contribution in [0, 0.1) is 0 Å². The molecule has 0 radical (unpaired) electrons. The maximum Gasteiger partial charge on any atom is 0.325 e. The van der Waals surface area contributed by atoms with Crippen molar-refractivity contribution in [2.75, 3.05) is 5.75 Å². The average Bonchev–Trinajstić information content (AvgIpc) is 2.51. The molecule has 1 aliphatic heterocycles. The van der Waals surface area contributed by atoms with E-state index in [1.807, 2.05) is 11.8 Å². The summed E-state index contributed by atoms with van der Waals surface area (Å²) in [6, 6.07) is -1.10. The molecule has 0 aromatic rings. The van der Waals surface area contributed by atoms with Gasteiger partial charge in [-0.25, -0.2) is 4.79 Å². The quantitative estimate of drug-likeness (QED) is 0.667. The van der Waals surface area contributed by atoms with Gasteiger partial charge in [-0.2, -0.15) is 11.8 Å². The second kappa shape index (κ2) is 5.25. The number of carbonyl (C=O) groups excluding carboxylic acids is 1. The van der Waals surface area contributed by atoms with Crippen molar-refractivity contribution in [3.05, 3.63) is 0 Å². The van der Waals surface area contributed by atoms with E-state index in [1.54, 1.807) is 0 Å². The minimum absolute atomic E-state index is 0.149. The van der Waals surface area contributed by atoms with Crippen LogP contribution in [0.25, 0.3) is 0 Å². The average molecular weight is 232 g/mol. The maximum absolute atomic E-state index is 11.4. The zero-order chi connectivity index (χ0) is 11.4. The van der Waals surface area contributed by atoms with Crippen molar-refractivity contribution in [3.8, 4) is 0 Å². The summed E-state index contributed by atoms with van der Waals surface area (Å²) in [6.07, 6.45) is 0.945. The van der Waals surface area contributed by atoms with Crippen LogP contribution in [0.15, 0.2) is 0 Å². The first kappa shape index (κ1) is 12.2. The van der Waals surface area contributed by atoms with Crippen LogP contribution >= 0.6 is 11.8 Å². The van der Waals surface area contributed by atoms with Crippen LogP contribution < -0.4 is 10.6 Å². The number of urea groups is 1. The number of amides is 2. The molecule has 0 spiro atoms. The Morgan fingerprint density at radius 1 is 1.53 bits per heavy atom. The third kappa shape index (κ3) is 3.62. The van der Waals surface area contributed by atoms with Crippen molar-refractivity contribution in [2.45, 2.75) is 37.6 Å². The van der Waals surface area contributed by atoms with Gasteiger partial charge in [-0.1, -0.05) is 6.92 Å². The Kier molecular flexibility index (Phi) is 4.26. The summed E-state index contributed by atoms with van der Waals surface area (Å²) in [4.78, 5) is 21.9. The van der Waals surface area contributed by atoms with Crippen LogP contribution in [-0.2, 0) is 4.79 Å². The Morgan fingerprint density at radius 2 is 2.20 bits per heavy atom. The molecule has 1 saturated heterocycles. The molecular formula is C9H16N2O3S. The predicted octanol–water partition coefficient (Wildman–Crippen LogP) is 0.653. The lowest BCUT2D eigenvalue weighted by Crippen LogP contribution is -2.49. The molecule has 0 saturated carbocycles. The van der Waals surface area contributed by atoms with Crippen LogP contribution in [0.2, 0.25) is 0 Å². The zero-order valence-corrected chi connectivity index (χ0v) is 9.63. The first-order valence-electron chi connectivity index (χ1n) is 4.92. The highest BCUT2D eigenvalue weighted by Crippen LogP contribution is 2.25. The lowest BCUT2D eigenvalue weighted by atomic mass is 10.2. The highest BCUT2D eigenvalue weighted by atomic mass is 32.2. The number of thioether (sulfide) groups is 1. The predicted molar refractivity (Wildman–Crippen MR) is 59.1 cm³/mol. The molecular weight excluding hydrogens is 216 g/mol. The molecule has 3 atom stereocenters. The van der Waals surface area contributed by atoms with Gasteiger partial charge < -0.3 is 15.7 Å². The Balaban J connectivity index is 2.32. The van der Waals surface area contributed by atoms with Gasteiger partial charge >= 0.3 is 12.0 Å². The summed E-state index contributed by atoms with van der Waals surface area (Å²) < 4.78 is 0. The number of carboxylic acids is 1. The summed E-state index contributed by atoms with van der Waals surface area (Å²) in [5.74, 6) is 0.0136. The summed E-state index contributed by atoms with van der Waals surface area (Å²) in [5, 5.41) is 14.1. The summed E-state index contributed by atoms with van der Waals surface area (Å²) in [6.45, 7) is 3.50. The van der Waals surface area contributed by atoms with Crippen LogP contribution in [0.3, 0.4) is 0 Å². The highest BCUT2D eigenvalue weighted by Gasteiger charge is 2.26. The molecule has 1 aliphatic rings. The van der Waals surface area contributed by atoms with Gasteiger partial charge in [0.15, 0.2) is 0 Å².